The van der Waals surface area contributed by atoms with E-state index in [-0.39, 0.29) is 11.6 Å². The van der Waals surface area contributed by atoms with Crippen molar-refractivity contribution in [2.45, 2.75) is 51.2 Å². The topological polar surface area (TPSA) is 60.2 Å². The van der Waals surface area contributed by atoms with Crippen molar-refractivity contribution in [3.05, 3.63) is 24.0 Å². The van der Waals surface area contributed by atoms with Crippen molar-refractivity contribution >= 4 is 5.69 Å². The summed E-state index contributed by atoms with van der Waals surface area (Å²) in [5.41, 5.74) is 7.88. The Morgan fingerprint density at radius 3 is 2.74 bits per heavy atom. The van der Waals surface area contributed by atoms with E-state index >= 15 is 0 Å². The number of rotatable bonds is 6. The summed E-state index contributed by atoms with van der Waals surface area (Å²) in [6.07, 6.45) is 8.25. The van der Waals surface area contributed by atoms with Crippen molar-refractivity contribution in [3.8, 4) is 0 Å². The monoisotopic (exact) mass is 263 g/mol. The van der Waals surface area contributed by atoms with Crippen LogP contribution in [0.2, 0.25) is 0 Å². The lowest BCUT2D eigenvalue weighted by Gasteiger charge is -2.38. The largest absolute Gasteiger partial charge is 0.398 e. The molecule has 0 bridgehead atoms. The predicted octanol–water partition coefficient (Wildman–Crippen LogP) is 2.66. The van der Waals surface area contributed by atoms with Gasteiger partial charge in [0.25, 0.3) is 0 Å². The number of nitrogens with two attached hydrogens (primary N) is 1. The first-order valence-electron chi connectivity index (χ1n) is 7.30. The minimum Gasteiger partial charge on any atom is -0.398 e. The summed E-state index contributed by atoms with van der Waals surface area (Å²) in [6.45, 7) is 5.82. The summed E-state index contributed by atoms with van der Waals surface area (Å²) in [5.74, 6) is 0. The first kappa shape index (κ1) is 14.3. The maximum atomic E-state index is 6.17. The van der Waals surface area contributed by atoms with Gasteiger partial charge >= 0.3 is 0 Å². The van der Waals surface area contributed by atoms with E-state index < -0.39 is 0 Å². The van der Waals surface area contributed by atoms with Crippen molar-refractivity contribution in [2.24, 2.45) is 0 Å². The second-order valence-electron chi connectivity index (χ2n) is 5.20. The molecule has 1 unspecified atom stereocenters. The molecule has 19 heavy (non-hydrogen) atoms. The van der Waals surface area contributed by atoms with Crippen molar-refractivity contribution in [1.82, 2.24) is 10.3 Å². The van der Waals surface area contributed by atoms with E-state index in [0.29, 0.717) is 0 Å². The van der Waals surface area contributed by atoms with Gasteiger partial charge < -0.3 is 15.8 Å². The normalized spacial score (nSPS) is 19.5. The number of aromatic nitrogens is 1. The summed E-state index contributed by atoms with van der Waals surface area (Å²) in [4.78, 5) is 4.24. The van der Waals surface area contributed by atoms with E-state index in [4.69, 9.17) is 10.5 Å². The van der Waals surface area contributed by atoms with Gasteiger partial charge in [-0.1, -0.05) is 19.8 Å². The minimum absolute atomic E-state index is 0.123. The third-order valence-electron chi connectivity index (χ3n) is 4.01. The minimum atomic E-state index is -0.123. The van der Waals surface area contributed by atoms with Crippen LogP contribution in [-0.2, 0) is 4.74 Å². The van der Waals surface area contributed by atoms with E-state index in [0.717, 1.165) is 37.2 Å². The Hall–Kier alpha value is -1.13. The third kappa shape index (κ3) is 2.90. The Morgan fingerprint density at radius 2 is 2.16 bits per heavy atom. The zero-order chi connectivity index (χ0) is 13.7. The zero-order valence-electron chi connectivity index (χ0n) is 12.0. The maximum Gasteiger partial charge on any atom is 0.0877 e. The summed E-state index contributed by atoms with van der Waals surface area (Å²) in [5, 5.41) is 3.56. The molecule has 0 amide bonds. The van der Waals surface area contributed by atoms with Crippen molar-refractivity contribution in [1.29, 1.82) is 0 Å². The Balaban J connectivity index is 2.35. The van der Waals surface area contributed by atoms with E-state index in [2.05, 4.69) is 24.1 Å². The van der Waals surface area contributed by atoms with Crippen LogP contribution in [0.1, 0.15) is 51.1 Å². The molecule has 2 rings (SSSR count). The van der Waals surface area contributed by atoms with Crippen LogP contribution in [-0.4, -0.2) is 23.7 Å². The molecule has 0 aromatic carbocycles. The third-order valence-corrected chi connectivity index (χ3v) is 4.01. The van der Waals surface area contributed by atoms with Gasteiger partial charge in [0, 0.05) is 30.3 Å². The molecular formula is C15H25N3O. The smallest absolute Gasteiger partial charge is 0.0877 e. The lowest BCUT2D eigenvalue weighted by atomic mass is 9.86. The number of nitrogen functional groups attached to an aromatic ring is 1. The molecule has 4 nitrogen and oxygen atoms in total. The number of anilines is 1. The quantitative estimate of drug-likeness (QED) is 0.828. The Morgan fingerprint density at radius 1 is 1.42 bits per heavy atom. The molecule has 1 heterocycles. The number of hydrogen-bond acceptors (Lipinski definition) is 4. The van der Waals surface area contributed by atoms with Gasteiger partial charge in [-0.2, -0.15) is 0 Å². The zero-order valence-corrected chi connectivity index (χ0v) is 12.0. The van der Waals surface area contributed by atoms with Gasteiger partial charge in [-0.3, -0.25) is 4.98 Å². The fourth-order valence-electron chi connectivity index (χ4n) is 3.22. The number of likely N-dealkylation sites (N-methyl/N-ethyl adjacent to an activating group) is 1. The summed E-state index contributed by atoms with van der Waals surface area (Å²) >= 11 is 0. The lowest BCUT2D eigenvalue weighted by molar-refractivity contribution is -0.0622. The van der Waals surface area contributed by atoms with Crippen LogP contribution in [0.15, 0.2) is 18.5 Å². The molecule has 1 fully saturated rings. The highest BCUT2D eigenvalue weighted by Gasteiger charge is 2.43. The highest BCUT2D eigenvalue weighted by atomic mass is 16.5. The molecule has 1 aliphatic carbocycles. The van der Waals surface area contributed by atoms with Crippen LogP contribution in [0.25, 0.3) is 0 Å². The fourth-order valence-corrected chi connectivity index (χ4v) is 3.22. The molecule has 0 saturated heterocycles. The van der Waals surface area contributed by atoms with E-state index in [1.54, 1.807) is 6.20 Å². The van der Waals surface area contributed by atoms with E-state index in [9.17, 15) is 0 Å². The SMILES string of the molecule is CCNC(c1cnccc1N)C1(OCC)CCCC1. The molecule has 0 radical (unpaired) electrons. The van der Waals surface area contributed by atoms with Crippen molar-refractivity contribution in [3.63, 3.8) is 0 Å². The molecule has 4 heteroatoms. The molecule has 1 atom stereocenters. The lowest BCUT2D eigenvalue weighted by Crippen LogP contribution is -2.44. The number of ether oxygens (including phenoxy) is 1. The fraction of sp³-hybridized carbons (Fsp3) is 0.667. The number of pyridine rings is 1. The molecule has 106 valence electrons. The van der Waals surface area contributed by atoms with Crippen LogP contribution in [0.4, 0.5) is 5.69 Å². The Kier molecular flexibility index (Phi) is 4.77. The molecule has 1 aliphatic rings. The van der Waals surface area contributed by atoms with Crippen LogP contribution in [0, 0.1) is 0 Å². The molecule has 1 saturated carbocycles. The van der Waals surface area contributed by atoms with Gasteiger partial charge in [-0.15, -0.1) is 0 Å². The second-order valence-corrected chi connectivity index (χ2v) is 5.20. The van der Waals surface area contributed by atoms with Gasteiger partial charge in [0.05, 0.1) is 11.6 Å². The van der Waals surface area contributed by atoms with Gasteiger partial charge in [0.2, 0.25) is 0 Å². The van der Waals surface area contributed by atoms with Crippen molar-refractivity contribution in [2.75, 3.05) is 18.9 Å². The van der Waals surface area contributed by atoms with Crippen LogP contribution in [0.3, 0.4) is 0 Å². The van der Waals surface area contributed by atoms with Crippen LogP contribution < -0.4 is 11.1 Å². The Bertz CT molecular complexity index is 402. The van der Waals surface area contributed by atoms with Gasteiger partial charge in [0.15, 0.2) is 0 Å². The predicted molar refractivity (Wildman–Crippen MR) is 77.9 cm³/mol. The number of nitrogens with zero attached hydrogens (tertiary/aromatic N) is 1. The van der Waals surface area contributed by atoms with E-state index in [1.807, 2.05) is 12.3 Å². The van der Waals surface area contributed by atoms with Gasteiger partial charge in [-0.25, -0.2) is 0 Å². The highest BCUT2D eigenvalue weighted by Crippen LogP contribution is 2.44. The van der Waals surface area contributed by atoms with Crippen LogP contribution >= 0.6 is 0 Å². The first-order valence-corrected chi connectivity index (χ1v) is 7.30. The maximum absolute atomic E-state index is 6.17. The van der Waals surface area contributed by atoms with E-state index in [1.165, 1.54) is 12.8 Å². The molecule has 1 aromatic heterocycles. The standard InChI is InChI=1S/C15H25N3O/c1-3-18-14(12-11-17-10-7-13(12)16)15(19-4-2)8-5-6-9-15/h7,10-11,14,18H,3-6,8-9H2,1-2H3,(H2,16,17). The summed E-state index contributed by atoms with van der Waals surface area (Å²) in [7, 11) is 0. The molecular weight excluding hydrogens is 238 g/mol. The molecule has 3 N–H and O–H groups in total. The average Bonchev–Trinajstić information content (AvgIpc) is 2.87. The molecule has 0 aliphatic heterocycles. The Labute approximate surface area is 115 Å². The summed E-state index contributed by atoms with van der Waals surface area (Å²) < 4.78 is 6.17. The van der Waals surface area contributed by atoms with Crippen molar-refractivity contribution < 1.29 is 4.74 Å². The van der Waals surface area contributed by atoms with Gasteiger partial charge in [0.1, 0.15) is 0 Å². The number of hydrogen-bond donors (Lipinski definition) is 2. The number of nitrogens with one attached hydrogen (secondary N) is 1. The van der Waals surface area contributed by atoms with Crippen LogP contribution in [0.5, 0.6) is 0 Å². The summed E-state index contributed by atoms with van der Waals surface area (Å²) in [6, 6.07) is 2.00. The first-order chi connectivity index (χ1) is 9.23. The highest BCUT2D eigenvalue weighted by molar-refractivity contribution is 5.47. The second kappa shape index (κ2) is 6.35. The average molecular weight is 263 g/mol. The molecule has 1 aromatic rings. The molecule has 0 spiro atoms. The van der Waals surface area contributed by atoms with Gasteiger partial charge in [-0.05, 0) is 32.4 Å².